The molecule has 1 aliphatic rings. The summed E-state index contributed by atoms with van der Waals surface area (Å²) in [6.07, 6.45) is -3.53. The molecular weight excluding hydrogens is 211 g/mol. The average Bonchev–Trinajstić information content (AvgIpc) is 2.16. The quantitative estimate of drug-likeness (QED) is 0.745. The van der Waals surface area contributed by atoms with Crippen molar-refractivity contribution in [1.82, 2.24) is 5.32 Å². The minimum absolute atomic E-state index is 0.219. The molecule has 1 fully saturated rings. The Bertz CT molecular complexity index is 224. The molecular formula is C9H14F3NO2. The van der Waals surface area contributed by atoms with Crippen molar-refractivity contribution in [1.29, 1.82) is 0 Å². The molecule has 0 aromatic heterocycles. The number of amides is 1. The van der Waals surface area contributed by atoms with E-state index in [1.54, 1.807) is 0 Å². The van der Waals surface area contributed by atoms with Gasteiger partial charge in [-0.05, 0) is 12.8 Å². The van der Waals surface area contributed by atoms with Crippen LogP contribution < -0.4 is 5.32 Å². The molecule has 0 aromatic rings. The summed E-state index contributed by atoms with van der Waals surface area (Å²) in [6, 6.07) is -0.219. The molecule has 0 aromatic carbocycles. The second-order valence-corrected chi connectivity index (χ2v) is 3.79. The van der Waals surface area contributed by atoms with Crippen LogP contribution in [0.15, 0.2) is 0 Å². The number of hydrogen-bond donors (Lipinski definition) is 2. The Morgan fingerprint density at radius 2 is 1.80 bits per heavy atom. The zero-order valence-corrected chi connectivity index (χ0v) is 8.18. The molecule has 2 N–H and O–H groups in total. The van der Waals surface area contributed by atoms with E-state index in [0.717, 1.165) is 19.3 Å². The van der Waals surface area contributed by atoms with Crippen molar-refractivity contribution in [2.24, 2.45) is 0 Å². The van der Waals surface area contributed by atoms with Gasteiger partial charge in [-0.25, -0.2) is 0 Å². The summed E-state index contributed by atoms with van der Waals surface area (Å²) in [5.74, 6) is -1.34. The third-order valence-electron chi connectivity index (χ3n) is 2.51. The SMILES string of the molecule is O=C(NC1CCCCC1)C(O)C(F)(F)F. The molecule has 0 aliphatic heterocycles. The molecule has 1 unspecified atom stereocenters. The Kier molecular flexibility index (Phi) is 3.96. The van der Waals surface area contributed by atoms with Gasteiger partial charge in [-0.3, -0.25) is 4.79 Å². The second kappa shape index (κ2) is 4.83. The van der Waals surface area contributed by atoms with Crippen LogP contribution in [-0.2, 0) is 4.79 Å². The van der Waals surface area contributed by atoms with E-state index in [1.807, 2.05) is 0 Å². The molecule has 1 aliphatic carbocycles. The van der Waals surface area contributed by atoms with Crippen LogP contribution in [0.5, 0.6) is 0 Å². The number of carbonyl (C=O) groups excluding carboxylic acids is 1. The van der Waals surface area contributed by atoms with Gasteiger partial charge < -0.3 is 10.4 Å². The molecule has 1 amide bonds. The van der Waals surface area contributed by atoms with Crippen molar-refractivity contribution in [3.05, 3.63) is 0 Å². The molecule has 0 spiro atoms. The van der Waals surface area contributed by atoms with Crippen molar-refractivity contribution in [2.75, 3.05) is 0 Å². The van der Waals surface area contributed by atoms with Gasteiger partial charge in [0.05, 0.1) is 0 Å². The van der Waals surface area contributed by atoms with Crippen LogP contribution in [0.4, 0.5) is 13.2 Å². The third-order valence-corrected chi connectivity index (χ3v) is 2.51. The maximum atomic E-state index is 11.9. The fraction of sp³-hybridized carbons (Fsp3) is 0.889. The van der Waals surface area contributed by atoms with Crippen molar-refractivity contribution in [3.63, 3.8) is 0 Å². The van der Waals surface area contributed by atoms with Crippen molar-refractivity contribution in [3.8, 4) is 0 Å². The first kappa shape index (κ1) is 12.3. The standard InChI is InChI=1S/C9H14F3NO2/c10-9(11,12)7(14)8(15)13-6-4-2-1-3-5-6/h6-7,14H,1-5H2,(H,13,15). The highest BCUT2D eigenvalue weighted by Crippen LogP contribution is 2.22. The number of halogens is 3. The predicted molar refractivity (Wildman–Crippen MR) is 47.1 cm³/mol. The molecule has 3 nitrogen and oxygen atoms in total. The van der Waals surface area contributed by atoms with Gasteiger partial charge in [0.15, 0.2) is 0 Å². The largest absolute Gasteiger partial charge is 0.423 e. The molecule has 0 radical (unpaired) electrons. The van der Waals surface area contributed by atoms with E-state index >= 15 is 0 Å². The first-order valence-corrected chi connectivity index (χ1v) is 4.96. The highest BCUT2D eigenvalue weighted by molar-refractivity contribution is 5.81. The third kappa shape index (κ3) is 3.70. The smallest absolute Gasteiger partial charge is 0.376 e. The number of carbonyl (C=O) groups is 1. The van der Waals surface area contributed by atoms with Gasteiger partial charge in [0.2, 0.25) is 6.10 Å². The fourth-order valence-electron chi connectivity index (χ4n) is 1.68. The van der Waals surface area contributed by atoms with E-state index in [1.165, 1.54) is 0 Å². The van der Waals surface area contributed by atoms with Crippen LogP contribution in [0.1, 0.15) is 32.1 Å². The monoisotopic (exact) mass is 225 g/mol. The lowest BCUT2D eigenvalue weighted by atomic mass is 9.95. The Labute approximate surface area is 85.7 Å². The van der Waals surface area contributed by atoms with Crippen LogP contribution in [0.25, 0.3) is 0 Å². The molecule has 0 saturated heterocycles. The first-order chi connectivity index (χ1) is 6.91. The van der Waals surface area contributed by atoms with Crippen LogP contribution in [0, 0.1) is 0 Å². The van der Waals surface area contributed by atoms with Gasteiger partial charge in [0.1, 0.15) is 0 Å². The van der Waals surface area contributed by atoms with Gasteiger partial charge in [0.25, 0.3) is 5.91 Å². The minimum Gasteiger partial charge on any atom is -0.376 e. The topological polar surface area (TPSA) is 49.3 Å². The number of hydrogen-bond acceptors (Lipinski definition) is 2. The Balaban J connectivity index is 2.40. The van der Waals surface area contributed by atoms with E-state index < -0.39 is 18.2 Å². The molecule has 15 heavy (non-hydrogen) atoms. The molecule has 1 rings (SSSR count). The molecule has 1 saturated carbocycles. The zero-order chi connectivity index (χ0) is 11.5. The first-order valence-electron chi connectivity index (χ1n) is 4.96. The number of nitrogens with one attached hydrogen (secondary N) is 1. The van der Waals surface area contributed by atoms with Crippen LogP contribution in [-0.4, -0.2) is 29.3 Å². The van der Waals surface area contributed by atoms with E-state index in [9.17, 15) is 18.0 Å². The summed E-state index contributed by atoms with van der Waals surface area (Å²) in [5, 5.41) is 10.9. The lowest BCUT2D eigenvalue weighted by molar-refractivity contribution is -0.205. The van der Waals surface area contributed by atoms with Gasteiger partial charge in [-0.15, -0.1) is 0 Å². The van der Waals surface area contributed by atoms with Crippen LogP contribution in [0.2, 0.25) is 0 Å². The second-order valence-electron chi connectivity index (χ2n) is 3.79. The Hall–Kier alpha value is -0.780. The lowest BCUT2D eigenvalue weighted by Gasteiger charge is -2.24. The summed E-state index contributed by atoms with van der Waals surface area (Å²) in [5.41, 5.74) is 0. The highest BCUT2D eigenvalue weighted by Gasteiger charge is 2.44. The van der Waals surface area contributed by atoms with E-state index in [-0.39, 0.29) is 6.04 Å². The molecule has 0 bridgehead atoms. The van der Waals surface area contributed by atoms with Gasteiger partial charge in [0, 0.05) is 6.04 Å². The number of aliphatic hydroxyl groups excluding tert-OH is 1. The van der Waals surface area contributed by atoms with Crippen molar-refractivity contribution >= 4 is 5.91 Å². The van der Waals surface area contributed by atoms with Crippen molar-refractivity contribution < 1.29 is 23.1 Å². The normalized spacial score (nSPS) is 21.1. The zero-order valence-electron chi connectivity index (χ0n) is 8.18. The maximum Gasteiger partial charge on any atom is 0.423 e. The van der Waals surface area contributed by atoms with E-state index in [4.69, 9.17) is 5.11 Å². The lowest BCUT2D eigenvalue weighted by Crippen LogP contribution is -2.48. The Morgan fingerprint density at radius 1 is 1.27 bits per heavy atom. The summed E-state index contributed by atoms with van der Waals surface area (Å²) in [4.78, 5) is 11.0. The Morgan fingerprint density at radius 3 is 2.27 bits per heavy atom. The summed E-state index contributed by atoms with van der Waals surface area (Å²) >= 11 is 0. The number of alkyl halides is 3. The average molecular weight is 225 g/mol. The molecule has 6 heteroatoms. The van der Waals surface area contributed by atoms with Crippen LogP contribution >= 0.6 is 0 Å². The predicted octanol–water partition coefficient (Wildman–Crippen LogP) is 1.36. The molecule has 1 atom stereocenters. The van der Waals surface area contributed by atoms with E-state index in [0.29, 0.717) is 12.8 Å². The summed E-state index contributed by atoms with van der Waals surface area (Å²) < 4.78 is 35.8. The van der Waals surface area contributed by atoms with Gasteiger partial charge >= 0.3 is 6.18 Å². The molecule has 0 heterocycles. The fourth-order valence-corrected chi connectivity index (χ4v) is 1.68. The van der Waals surface area contributed by atoms with Crippen LogP contribution in [0.3, 0.4) is 0 Å². The summed E-state index contributed by atoms with van der Waals surface area (Å²) in [6.45, 7) is 0. The van der Waals surface area contributed by atoms with Gasteiger partial charge in [-0.2, -0.15) is 13.2 Å². The highest BCUT2D eigenvalue weighted by atomic mass is 19.4. The summed E-state index contributed by atoms with van der Waals surface area (Å²) in [7, 11) is 0. The minimum atomic E-state index is -4.88. The van der Waals surface area contributed by atoms with E-state index in [2.05, 4.69) is 5.32 Å². The molecule has 88 valence electrons. The van der Waals surface area contributed by atoms with Gasteiger partial charge in [-0.1, -0.05) is 19.3 Å². The van der Waals surface area contributed by atoms with Crippen molar-refractivity contribution in [2.45, 2.75) is 50.4 Å². The number of rotatable bonds is 2. The number of aliphatic hydroxyl groups is 1. The maximum absolute atomic E-state index is 11.9.